The van der Waals surface area contributed by atoms with E-state index in [-0.39, 0.29) is 18.8 Å². The third kappa shape index (κ3) is 3.10. The van der Waals surface area contributed by atoms with E-state index in [9.17, 15) is 27.2 Å². The Morgan fingerprint density at radius 3 is 2.38 bits per heavy atom. The number of imidazole rings is 1. The normalized spacial score (nSPS) is 14.8. The van der Waals surface area contributed by atoms with Gasteiger partial charge in [-0.15, -0.1) is 0 Å². The Morgan fingerprint density at radius 1 is 1.14 bits per heavy atom. The molecule has 3 heterocycles. The summed E-state index contributed by atoms with van der Waals surface area (Å²) in [6, 6.07) is 7.03. The highest BCUT2D eigenvalue weighted by atomic mass is 19.4. The summed E-state index contributed by atoms with van der Waals surface area (Å²) in [6.45, 7) is 3.17. The third-order valence-corrected chi connectivity index (χ3v) is 4.83. The Bertz CT molecular complexity index is 1170. The first-order chi connectivity index (χ1) is 13.7. The fourth-order valence-electron chi connectivity index (χ4n) is 3.38. The van der Waals surface area contributed by atoms with Gasteiger partial charge in [-0.1, -0.05) is 6.58 Å². The largest absolute Gasteiger partial charge is 0.416 e. The predicted molar refractivity (Wildman–Crippen MR) is 96.2 cm³/mol. The monoisotopic (exact) mass is 406 g/mol. The number of likely N-dealkylation sites (tertiary alicyclic amines) is 1. The highest BCUT2D eigenvalue weighted by molar-refractivity contribution is 5.91. The minimum absolute atomic E-state index is 0.102. The van der Waals surface area contributed by atoms with Crippen molar-refractivity contribution in [2.45, 2.75) is 12.2 Å². The number of carbonyl (C=O) groups excluding carboxylic acids is 1. The maximum Gasteiger partial charge on any atom is 0.416 e. The highest BCUT2D eigenvalue weighted by Crippen LogP contribution is 2.30. The molecule has 150 valence electrons. The van der Waals surface area contributed by atoms with Gasteiger partial charge in [0.1, 0.15) is 0 Å². The van der Waals surface area contributed by atoms with Crippen LogP contribution in [0.3, 0.4) is 0 Å². The molecule has 3 aromatic rings. The summed E-state index contributed by atoms with van der Waals surface area (Å²) in [4.78, 5) is 30.2. The average molecular weight is 406 g/mol. The molecule has 29 heavy (non-hydrogen) atoms. The number of nitrogens with zero attached hydrogens (tertiary/aromatic N) is 4. The lowest BCUT2D eigenvalue weighted by molar-refractivity contribution is -0.137. The topological polar surface area (TPSA) is 60.1 Å². The van der Waals surface area contributed by atoms with Gasteiger partial charge >= 0.3 is 11.9 Å². The molecule has 1 aromatic carbocycles. The molecule has 1 fully saturated rings. The number of benzene rings is 1. The molecule has 6 nitrogen and oxygen atoms in total. The summed E-state index contributed by atoms with van der Waals surface area (Å²) in [6.07, 6.45) is -3.00. The van der Waals surface area contributed by atoms with Crippen LogP contribution in [-0.4, -0.2) is 38.0 Å². The first kappa shape index (κ1) is 18.9. The second-order valence-corrected chi connectivity index (χ2v) is 6.65. The van der Waals surface area contributed by atoms with Gasteiger partial charge in [0.15, 0.2) is 11.5 Å². The van der Waals surface area contributed by atoms with Crippen LogP contribution < -0.4 is 5.69 Å². The van der Waals surface area contributed by atoms with Crippen LogP contribution in [0.1, 0.15) is 11.6 Å². The maximum atomic E-state index is 13.1. The Labute approximate surface area is 161 Å². The van der Waals surface area contributed by atoms with Crippen LogP contribution in [0.25, 0.3) is 16.9 Å². The zero-order chi connectivity index (χ0) is 20.9. The van der Waals surface area contributed by atoms with E-state index in [0.717, 1.165) is 12.1 Å². The van der Waals surface area contributed by atoms with Crippen molar-refractivity contribution >= 4 is 17.1 Å². The van der Waals surface area contributed by atoms with Crippen LogP contribution in [0.5, 0.6) is 0 Å². The number of rotatable bonds is 3. The van der Waals surface area contributed by atoms with Crippen molar-refractivity contribution in [3.63, 3.8) is 0 Å². The second-order valence-electron chi connectivity index (χ2n) is 6.65. The Hall–Kier alpha value is -3.43. The van der Waals surface area contributed by atoms with Gasteiger partial charge in [-0.2, -0.15) is 13.2 Å². The van der Waals surface area contributed by atoms with Gasteiger partial charge in [-0.25, -0.2) is 14.2 Å². The molecule has 0 N–H and O–H groups in total. The molecule has 0 unspecified atom stereocenters. The quantitative estimate of drug-likeness (QED) is 0.496. The zero-order valence-corrected chi connectivity index (χ0v) is 14.9. The molecule has 0 spiro atoms. The number of pyridine rings is 1. The Morgan fingerprint density at radius 2 is 1.79 bits per heavy atom. The minimum Gasteiger partial charge on any atom is -0.332 e. The van der Waals surface area contributed by atoms with Gasteiger partial charge in [0.25, 0.3) is 5.91 Å². The van der Waals surface area contributed by atoms with Gasteiger partial charge in [-0.05, 0) is 36.4 Å². The number of fused-ring (bicyclic) bond motifs is 1. The van der Waals surface area contributed by atoms with Crippen molar-refractivity contribution in [3.8, 4) is 5.69 Å². The molecule has 0 saturated carbocycles. The number of hydrogen-bond acceptors (Lipinski definition) is 3. The summed E-state index contributed by atoms with van der Waals surface area (Å²) >= 11 is 0. The smallest absolute Gasteiger partial charge is 0.332 e. The lowest BCUT2D eigenvalue weighted by atomic mass is 10.1. The molecule has 1 amide bonds. The first-order valence-corrected chi connectivity index (χ1v) is 8.58. The predicted octanol–water partition coefficient (Wildman–Crippen LogP) is 3.07. The summed E-state index contributed by atoms with van der Waals surface area (Å²) in [5, 5.41) is 0. The molecular formula is C19H14F4N4O2. The maximum absolute atomic E-state index is 13.1. The van der Waals surface area contributed by atoms with E-state index >= 15 is 0 Å². The number of aromatic nitrogens is 3. The van der Waals surface area contributed by atoms with Crippen molar-refractivity contribution in [2.75, 3.05) is 13.1 Å². The molecule has 1 aliphatic rings. The summed E-state index contributed by atoms with van der Waals surface area (Å²) in [7, 11) is 0. The standard InChI is InChI=1S/C19H14F4N4O2/c1-11(20)17(28)25-9-14(10-25)27-16-15(3-2-8-24-16)26(18(27)29)13-6-4-12(5-7-13)19(21,22)23/h2-8,14H,1,9-10H2. The molecule has 2 aromatic heterocycles. The summed E-state index contributed by atoms with van der Waals surface area (Å²) < 4.78 is 54.1. The number of hydrogen-bond donors (Lipinski definition) is 0. The number of halogens is 4. The number of amides is 1. The van der Waals surface area contributed by atoms with E-state index in [1.54, 1.807) is 12.1 Å². The van der Waals surface area contributed by atoms with Crippen molar-refractivity contribution < 1.29 is 22.4 Å². The molecule has 0 bridgehead atoms. The van der Waals surface area contributed by atoms with Crippen molar-refractivity contribution in [3.05, 3.63) is 71.0 Å². The molecule has 4 rings (SSSR count). The van der Waals surface area contributed by atoms with Crippen LogP contribution in [0.15, 0.2) is 59.8 Å². The fourth-order valence-corrected chi connectivity index (χ4v) is 3.38. The first-order valence-electron chi connectivity index (χ1n) is 8.58. The van der Waals surface area contributed by atoms with Crippen LogP contribution in [0.2, 0.25) is 0 Å². The van der Waals surface area contributed by atoms with E-state index in [1.807, 2.05) is 0 Å². The summed E-state index contributed by atoms with van der Waals surface area (Å²) in [5.74, 6) is -1.92. The highest BCUT2D eigenvalue weighted by Gasteiger charge is 2.36. The second kappa shape index (κ2) is 6.57. The SMILES string of the molecule is C=C(F)C(=O)N1CC(n2c(=O)n(-c3ccc(C(F)(F)F)cc3)c3cccnc32)C1. The molecule has 1 saturated heterocycles. The molecule has 0 aliphatic carbocycles. The van der Waals surface area contributed by atoms with Gasteiger partial charge in [0.2, 0.25) is 0 Å². The van der Waals surface area contributed by atoms with E-state index in [1.165, 1.54) is 32.4 Å². The fraction of sp³-hybridized carbons (Fsp3) is 0.211. The van der Waals surface area contributed by atoms with Crippen LogP contribution in [0.4, 0.5) is 17.6 Å². The van der Waals surface area contributed by atoms with E-state index in [0.29, 0.717) is 11.2 Å². The Kier molecular flexibility index (Phi) is 4.29. The van der Waals surface area contributed by atoms with Crippen LogP contribution >= 0.6 is 0 Å². The van der Waals surface area contributed by atoms with Gasteiger partial charge in [0, 0.05) is 19.3 Å². The zero-order valence-electron chi connectivity index (χ0n) is 14.9. The number of alkyl halides is 3. The van der Waals surface area contributed by atoms with Crippen LogP contribution in [-0.2, 0) is 11.0 Å². The molecule has 10 heteroatoms. The van der Waals surface area contributed by atoms with Gasteiger partial charge in [-0.3, -0.25) is 13.9 Å². The molecule has 1 aliphatic heterocycles. The van der Waals surface area contributed by atoms with E-state index < -0.39 is 35.2 Å². The molecule has 0 radical (unpaired) electrons. The van der Waals surface area contributed by atoms with Gasteiger partial charge in [0.05, 0.1) is 22.8 Å². The van der Waals surface area contributed by atoms with Crippen molar-refractivity contribution in [1.29, 1.82) is 0 Å². The van der Waals surface area contributed by atoms with E-state index in [2.05, 4.69) is 11.6 Å². The molecular weight excluding hydrogens is 392 g/mol. The van der Waals surface area contributed by atoms with Crippen molar-refractivity contribution in [2.24, 2.45) is 0 Å². The van der Waals surface area contributed by atoms with Crippen LogP contribution in [0, 0.1) is 0 Å². The van der Waals surface area contributed by atoms with Gasteiger partial charge < -0.3 is 4.90 Å². The average Bonchev–Trinajstić information content (AvgIpc) is 2.92. The summed E-state index contributed by atoms with van der Waals surface area (Å²) in [5.41, 5.74) is -0.333. The Balaban J connectivity index is 1.76. The third-order valence-electron chi connectivity index (χ3n) is 4.83. The lowest BCUT2D eigenvalue weighted by Crippen LogP contribution is -2.52. The minimum atomic E-state index is -4.48. The number of carbonyl (C=O) groups is 1. The van der Waals surface area contributed by atoms with E-state index in [4.69, 9.17) is 0 Å². The molecule has 0 atom stereocenters. The van der Waals surface area contributed by atoms with Crippen molar-refractivity contribution in [1.82, 2.24) is 19.0 Å². The lowest BCUT2D eigenvalue weighted by Gasteiger charge is -2.38.